The highest BCUT2D eigenvalue weighted by molar-refractivity contribution is 7.22. The van der Waals surface area contributed by atoms with E-state index in [0.717, 1.165) is 68.0 Å². The average molecular weight is 451 g/mol. The molecule has 0 aliphatic carbocycles. The first-order valence-electron chi connectivity index (χ1n) is 11.1. The first kappa shape index (κ1) is 19.8. The summed E-state index contributed by atoms with van der Waals surface area (Å²) < 4.78 is 12.1. The van der Waals surface area contributed by atoms with Crippen LogP contribution in [0.4, 0.5) is 5.13 Å². The molecule has 3 aliphatic rings. The normalized spacial score (nSPS) is 18.9. The van der Waals surface area contributed by atoms with Gasteiger partial charge in [-0.15, -0.1) is 0 Å². The summed E-state index contributed by atoms with van der Waals surface area (Å²) in [5.74, 6) is 2.03. The molecule has 3 aromatic rings. The van der Waals surface area contributed by atoms with Crippen LogP contribution in [0.25, 0.3) is 10.2 Å². The van der Waals surface area contributed by atoms with Crippen LogP contribution >= 0.6 is 11.3 Å². The van der Waals surface area contributed by atoms with Crippen molar-refractivity contribution in [1.82, 2.24) is 14.8 Å². The van der Waals surface area contributed by atoms with Crippen molar-refractivity contribution < 1.29 is 14.3 Å². The van der Waals surface area contributed by atoms with Gasteiger partial charge in [0.05, 0.1) is 16.1 Å². The molecule has 0 bridgehead atoms. The number of hydrogen-bond donors (Lipinski definition) is 0. The zero-order chi connectivity index (χ0) is 21.7. The number of ether oxygens (including phenoxy) is 2. The van der Waals surface area contributed by atoms with Gasteiger partial charge in [-0.3, -0.25) is 9.69 Å². The fourth-order valence-corrected chi connectivity index (χ4v) is 5.71. The second kappa shape index (κ2) is 7.94. The summed E-state index contributed by atoms with van der Waals surface area (Å²) in [6, 6.07) is 12.5. The number of aryl methyl sites for hydroxylation is 1. The monoisotopic (exact) mass is 450 g/mol. The van der Waals surface area contributed by atoms with E-state index in [-0.39, 0.29) is 5.92 Å². The summed E-state index contributed by atoms with van der Waals surface area (Å²) in [7, 11) is 0. The molecular formula is C24H26N4O3S. The molecule has 2 saturated heterocycles. The minimum Gasteiger partial charge on any atom is -0.454 e. The number of aromatic nitrogens is 1. The van der Waals surface area contributed by atoms with E-state index in [1.165, 1.54) is 15.8 Å². The molecule has 0 spiro atoms. The number of nitrogens with zero attached hydrogens (tertiary/aromatic N) is 4. The maximum absolute atomic E-state index is 13.0. The van der Waals surface area contributed by atoms with E-state index >= 15 is 0 Å². The predicted octanol–water partition coefficient (Wildman–Crippen LogP) is 3.11. The Balaban J connectivity index is 1.00. The molecular weight excluding hydrogens is 424 g/mol. The summed E-state index contributed by atoms with van der Waals surface area (Å²) in [4.78, 5) is 24.4. The third kappa shape index (κ3) is 3.67. The summed E-state index contributed by atoms with van der Waals surface area (Å²) in [5, 5.41) is 1.03. The van der Waals surface area contributed by atoms with Crippen LogP contribution < -0.4 is 14.4 Å². The lowest BCUT2D eigenvalue weighted by Gasteiger charge is -2.42. The van der Waals surface area contributed by atoms with Gasteiger partial charge in [-0.25, -0.2) is 4.98 Å². The van der Waals surface area contributed by atoms with Gasteiger partial charge in [0.15, 0.2) is 16.6 Å². The van der Waals surface area contributed by atoms with Gasteiger partial charge in [0.1, 0.15) is 0 Å². The molecule has 1 aromatic heterocycles. The largest absolute Gasteiger partial charge is 0.454 e. The number of thiazole rings is 1. The lowest BCUT2D eigenvalue weighted by atomic mass is 9.99. The second-order valence-electron chi connectivity index (χ2n) is 8.86. The highest BCUT2D eigenvalue weighted by Crippen LogP contribution is 2.34. The molecule has 0 unspecified atom stereocenters. The minimum absolute atomic E-state index is 0.0872. The van der Waals surface area contributed by atoms with E-state index in [1.807, 2.05) is 11.0 Å². The summed E-state index contributed by atoms with van der Waals surface area (Å²) in [6.07, 6.45) is 0. The second-order valence-corrected chi connectivity index (χ2v) is 9.87. The first-order chi connectivity index (χ1) is 15.6. The average Bonchev–Trinajstić information content (AvgIpc) is 3.39. The van der Waals surface area contributed by atoms with E-state index in [1.54, 1.807) is 11.3 Å². The zero-order valence-corrected chi connectivity index (χ0v) is 18.9. The molecule has 0 saturated carbocycles. The number of benzene rings is 2. The standard InChI is InChI=1S/C24H26N4O3S/c1-16-2-4-19-22(10-16)32-24(25-19)28-13-18(14-28)23(29)27-8-6-26(7-9-27)12-17-3-5-20-21(11-17)31-15-30-20/h2-5,10-11,18H,6-9,12-15H2,1H3. The smallest absolute Gasteiger partial charge is 0.231 e. The molecule has 6 rings (SSSR count). The zero-order valence-electron chi connectivity index (χ0n) is 18.1. The Morgan fingerprint density at radius 2 is 1.88 bits per heavy atom. The number of carbonyl (C=O) groups excluding carboxylic acids is 1. The minimum atomic E-state index is 0.0872. The highest BCUT2D eigenvalue weighted by atomic mass is 32.1. The molecule has 1 amide bonds. The number of amides is 1. The van der Waals surface area contributed by atoms with Crippen molar-refractivity contribution in [2.24, 2.45) is 5.92 Å². The summed E-state index contributed by atoms with van der Waals surface area (Å²) >= 11 is 1.72. The molecule has 3 aliphatic heterocycles. The van der Waals surface area contributed by atoms with Gasteiger partial charge in [-0.2, -0.15) is 0 Å². The van der Waals surface area contributed by atoms with Crippen molar-refractivity contribution in [3.8, 4) is 11.5 Å². The molecule has 0 radical (unpaired) electrons. The SMILES string of the molecule is Cc1ccc2nc(N3CC(C(=O)N4CCN(Cc5ccc6c(c5)OCO6)CC4)C3)sc2c1. The van der Waals surface area contributed by atoms with Gasteiger partial charge in [-0.1, -0.05) is 23.5 Å². The molecule has 2 fully saturated rings. The molecule has 0 atom stereocenters. The van der Waals surface area contributed by atoms with Gasteiger partial charge in [-0.05, 0) is 42.3 Å². The number of rotatable bonds is 4. The van der Waals surface area contributed by atoms with Crippen LogP contribution in [-0.4, -0.2) is 66.8 Å². The Bertz CT molecular complexity index is 1170. The highest BCUT2D eigenvalue weighted by Gasteiger charge is 2.37. The lowest BCUT2D eigenvalue weighted by molar-refractivity contribution is -0.138. The van der Waals surface area contributed by atoms with Crippen LogP contribution in [-0.2, 0) is 11.3 Å². The molecule has 7 nitrogen and oxygen atoms in total. The van der Waals surface area contributed by atoms with Crippen molar-refractivity contribution in [1.29, 1.82) is 0 Å². The number of hydrogen-bond acceptors (Lipinski definition) is 7. The first-order valence-corrected chi connectivity index (χ1v) is 12.0. The maximum Gasteiger partial charge on any atom is 0.231 e. The van der Waals surface area contributed by atoms with E-state index in [2.05, 4.69) is 47.1 Å². The van der Waals surface area contributed by atoms with Crippen molar-refractivity contribution in [3.05, 3.63) is 47.5 Å². The molecule has 2 aromatic carbocycles. The fraction of sp³-hybridized carbons (Fsp3) is 0.417. The maximum atomic E-state index is 13.0. The number of piperazine rings is 1. The molecule has 8 heteroatoms. The number of anilines is 1. The van der Waals surface area contributed by atoms with Crippen molar-refractivity contribution >= 4 is 32.6 Å². The topological polar surface area (TPSA) is 58.1 Å². The van der Waals surface area contributed by atoms with Gasteiger partial charge >= 0.3 is 0 Å². The fourth-order valence-electron chi connectivity index (χ4n) is 4.63. The van der Waals surface area contributed by atoms with E-state index in [9.17, 15) is 4.79 Å². The van der Waals surface area contributed by atoms with Crippen molar-refractivity contribution in [3.63, 3.8) is 0 Å². The van der Waals surface area contributed by atoms with Crippen LogP contribution in [0.5, 0.6) is 11.5 Å². The number of carbonyl (C=O) groups is 1. The van der Waals surface area contributed by atoms with Crippen LogP contribution in [0, 0.1) is 12.8 Å². The summed E-state index contributed by atoms with van der Waals surface area (Å²) in [5.41, 5.74) is 3.51. The van der Waals surface area contributed by atoms with Crippen molar-refractivity contribution in [2.45, 2.75) is 13.5 Å². The molecule has 32 heavy (non-hydrogen) atoms. The predicted molar refractivity (Wildman–Crippen MR) is 124 cm³/mol. The van der Waals surface area contributed by atoms with Crippen LogP contribution in [0.15, 0.2) is 36.4 Å². The molecule has 4 heterocycles. The third-order valence-electron chi connectivity index (χ3n) is 6.56. The van der Waals surface area contributed by atoms with Crippen molar-refractivity contribution in [2.75, 3.05) is 51.0 Å². The van der Waals surface area contributed by atoms with Gasteiger partial charge in [0.25, 0.3) is 0 Å². The summed E-state index contributed by atoms with van der Waals surface area (Å²) in [6.45, 7) is 8.20. The van der Waals surface area contributed by atoms with E-state index in [0.29, 0.717) is 12.7 Å². The van der Waals surface area contributed by atoms with E-state index < -0.39 is 0 Å². The van der Waals surface area contributed by atoms with Gasteiger partial charge < -0.3 is 19.3 Å². The lowest BCUT2D eigenvalue weighted by Crippen LogP contribution is -2.57. The quantitative estimate of drug-likeness (QED) is 0.609. The third-order valence-corrected chi connectivity index (χ3v) is 7.64. The van der Waals surface area contributed by atoms with E-state index in [4.69, 9.17) is 14.5 Å². The van der Waals surface area contributed by atoms with Crippen LogP contribution in [0.1, 0.15) is 11.1 Å². The van der Waals surface area contributed by atoms with Crippen LogP contribution in [0.3, 0.4) is 0 Å². The Morgan fingerprint density at radius 3 is 2.72 bits per heavy atom. The van der Waals surface area contributed by atoms with Gasteiger partial charge in [0, 0.05) is 45.8 Å². The Kier molecular flexibility index (Phi) is 4.91. The van der Waals surface area contributed by atoms with Crippen LogP contribution in [0.2, 0.25) is 0 Å². The molecule has 0 N–H and O–H groups in total. The molecule has 166 valence electrons. The Hall–Kier alpha value is -2.84. The Morgan fingerprint density at radius 1 is 1.06 bits per heavy atom. The Labute approximate surface area is 191 Å². The van der Waals surface area contributed by atoms with Gasteiger partial charge in [0.2, 0.25) is 12.7 Å². The number of fused-ring (bicyclic) bond motifs is 2.